The lowest BCUT2D eigenvalue weighted by Crippen LogP contribution is -2.60. The molecule has 49 heavy (non-hydrogen) atoms. The van der Waals surface area contributed by atoms with Crippen LogP contribution < -0.4 is 0 Å². The molecule has 0 bridgehead atoms. The number of alkyl halides is 3. The summed E-state index contributed by atoms with van der Waals surface area (Å²) < 4.78 is 71.5. The molecule has 0 spiro atoms. The largest absolute Gasteiger partial charge is 0.408 e. The molecule has 2 aromatic carbocycles. The van der Waals surface area contributed by atoms with Crippen LogP contribution in [0.3, 0.4) is 0 Å². The maximum atomic E-state index is 14.3. The van der Waals surface area contributed by atoms with Crippen LogP contribution in [0.25, 0.3) is 0 Å². The Kier molecular flexibility index (Phi) is 11.5. The van der Waals surface area contributed by atoms with Crippen LogP contribution in [0.4, 0.5) is 22.0 Å². The van der Waals surface area contributed by atoms with Gasteiger partial charge >= 0.3 is 6.18 Å². The first-order chi connectivity index (χ1) is 23.2. The standard InChI is InChI=1S/C19H17FN2O2.C18H14F4N2O/c1-19(12-24-13-19)22(2)18(23)17-16(20)10-15(11-21-17)9-8-14-6-4-3-5-7-14;1-12(18(20,21)22)24(2)17(25)16-15(19)10-14(11-23-16)9-8-13-6-4-3-5-7-13/h3-7,10-11H,12-13H2,1-2H3;3-7,10-12H,1-2H3. The topological polar surface area (TPSA) is 75.6 Å². The summed E-state index contributed by atoms with van der Waals surface area (Å²) in [5.74, 6) is 7.97. The zero-order valence-corrected chi connectivity index (χ0v) is 27.0. The number of carbonyl (C=O) groups excluding carboxylic acids is 2. The van der Waals surface area contributed by atoms with E-state index in [4.69, 9.17) is 4.74 Å². The lowest BCUT2D eigenvalue weighted by molar-refractivity contribution is -0.169. The van der Waals surface area contributed by atoms with Gasteiger partial charge in [0.2, 0.25) is 0 Å². The van der Waals surface area contributed by atoms with Gasteiger partial charge in [0.1, 0.15) is 6.04 Å². The van der Waals surface area contributed by atoms with E-state index in [0.717, 1.165) is 31.8 Å². The predicted octanol–water partition coefficient (Wildman–Crippen LogP) is 6.12. The molecule has 0 radical (unpaired) electrons. The molecule has 0 saturated carbocycles. The number of likely N-dealkylation sites (N-methyl/N-ethyl adjacent to an activating group) is 1. The smallest absolute Gasteiger partial charge is 0.376 e. The third-order valence-corrected chi connectivity index (χ3v) is 7.65. The van der Waals surface area contributed by atoms with Crippen molar-refractivity contribution in [1.29, 1.82) is 0 Å². The van der Waals surface area contributed by atoms with Crippen LogP contribution in [0, 0.1) is 35.3 Å². The van der Waals surface area contributed by atoms with Crippen molar-refractivity contribution in [2.75, 3.05) is 27.3 Å². The van der Waals surface area contributed by atoms with Gasteiger partial charge in [-0.15, -0.1) is 0 Å². The molecule has 4 aromatic rings. The molecule has 252 valence electrons. The van der Waals surface area contributed by atoms with Gasteiger partial charge in [-0.1, -0.05) is 60.1 Å². The van der Waals surface area contributed by atoms with Crippen molar-refractivity contribution in [3.63, 3.8) is 0 Å². The summed E-state index contributed by atoms with van der Waals surface area (Å²) in [6.07, 6.45) is -2.04. The molecule has 12 heteroatoms. The molecule has 3 heterocycles. The number of hydrogen-bond donors (Lipinski definition) is 0. The van der Waals surface area contributed by atoms with Gasteiger partial charge in [-0.25, -0.2) is 18.7 Å². The molecule has 1 fully saturated rings. The van der Waals surface area contributed by atoms with Crippen LogP contribution in [0.5, 0.6) is 0 Å². The van der Waals surface area contributed by atoms with Gasteiger partial charge in [-0.2, -0.15) is 13.2 Å². The van der Waals surface area contributed by atoms with Gasteiger partial charge in [0, 0.05) is 48.7 Å². The number of amides is 2. The Morgan fingerprint density at radius 3 is 1.53 bits per heavy atom. The van der Waals surface area contributed by atoms with Crippen LogP contribution in [0.1, 0.15) is 57.1 Å². The monoisotopic (exact) mass is 674 g/mol. The normalized spacial score (nSPS) is 13.5. The summed E-state index contributed by atoms with van der Waals surface area (Å²) in [7, 11) is 2.58. The second-order valence-corrected chi connectivity index (χ2v) is 11.3. The average Bonchev–Trinajstić information content (AvgIpc) is 3.08. The van der Waals surface area contributed by atoms with E-state index < -0.39 is 46.9 Å². The van der Waals surface area contributed by atoms with Crippen LogP contribution >= 0.6 is 0 Å². The molecular formula is C37H31F5N4O3. The summed E-state index contributed by atoms with van der Waals surface area (Å²) in [6.45, 7) is 3.59. The van der Waals surface area contributed by atoms with Crippen molar-refractivity contribution in [3.8, 4) is 23.7 Å². The quantitative estimate of drug-likeness (QED) is 0.193. The summed E-state index contributed by atoms with van der Waals surface area (Å²) in [5, 5.41) is 0. The minimum Gasteiger partial charge on any atom is -0.376 e. The van der Waals surface area contributed by atoms with E-state index >= 15 is 0 Å². The number of aromatic nitrogens is 2. The van der Waals surface area contributed by atoms with Gasteiger partial charge in [0.25, 0.3) is 11.8 Å². The van der Waals surface area contributed by atoms with E-state index in [1.54, 1.807) is 31.3 Å². The summed E-state index contributed by atoms with van der Waals surface area (Å²) >= 11 is 0. The van der Waals surface area contributed by atoms with E-state index in [9.17, 15) is 31.5 Å². The Morgan fingerprint density at radius 2 is 1.16 bits per heavy atom. The Morgan fingerprint density at radius 1 is 0.755 bits per heavy atom. The van der Waals surface area contributed by atoms with Crippen LogP contribution in [-0.4, -0.2) is 76.6 Å². The van der Waals surface area contributed by atoms with Crippen molar-refractivity contribution in [3.05, 3.63) is 130 Å². The van der Waals surface area contributed by atoms with Gasteiger partial charge < -0.3 is 14.5 Å². The minimum atomic E-state index is -4.61. The number of halogens is 5. The van der Waals surface area contributed by atoms with Crippen molar-refractivity contribution < 1.29 is 36.3 Å². The van der Waals surface area contributed by atoms with Crippen LogP contribution in [-0.2, 0) is 4.74 Å². The van der Waals surface area contributed by atoms with Gasteiger partial charge in [-0.05, 0) is 50.2 Å². The van der Waals surface area contributed by atoms with Crippen LogP contribution in [0.15, 0.2) is 85.2 Å². The van der Waals surface area contributed by atoms with Gasteiger partial charge in [0.05, 0.1) is 18.8 Å². The first-order valence-electron chi connectivity index (χ1n) is 14.8. The first kappa shape index (κ1) is 36.2. The van der Waals surface area contributed by atoms with Gasteiger partial charge in [-0.3, -0.25) is 9.59 Å². The summed E-state index contributed by atoms with van der Waals surface area (Å²) in [6, 6.07) is 18.5. The molecular weight excluding hydrogens is 643 g/mol. The zero-order chi connectivity index (χ0) is 35.8. The molecule has 7 nitrogen and oxygen atoms in total. The molecule has 2 aromatic heterocycles. The molecule has 1 aliphatic heterocycles. The fraction of sp³-hybridized carbons (Fsp3) is 0.243. The average molecular weight is 675 g/mol. The third-order valence-electron chi connectivity index (χ3n) is 7.65. The number of rotatable bonds is 4. The van der Waals surface area contributed by atoms with E-state index in [2.05, 4.69) is 33.6 Å². The highest BCUT2D eigenvalue weighted by molar-refractivity contribution is 5.93. The highest BCUT2D eigenvalue weighted by Crippen LogP contribution is 2.26. The number of nitrogens with zero attached hydrogens (tertiary/aromatic N) is 4. The molecule has 1 aliphatic rings. The van der Waals surface area contributed by atoms with E-state index in [-0.39, 0.29) is 11.3 Å². The zero-order valence-electron chi connectivity index (χ0n) is 27.0. The molecule has 0 aliphatic carbocycles. The Bertz CT molecular complexity index is 1930. The fourth-order valence-corrected chi connectivity index (χ4v) is 4.22. The number of ether oxygens (including phenoxy) is 1. The summed E-state index contributed by atoms with van der Waals surface area (Å²) in [5.41, 5.74) is 0.896. The number of pyridine rings is 2. The minimum absolute atomic E-state index is 0.198. The fourth-order valence-electron chi connectivity index (χ4n) is 4.22. The van der Waals surface area contributed by atoms with E-state index in [0.29, 0.717) is 29.2 Å². The number of benzene rings is 2. The van der Waals surface area contributed by atoms with Crippen molar-refractivity contribution >= 4 is 11.8 Å². The molecule has 1 saturated heterocycles. The van der Waals surface area contributed by atoms with Crippen molar-refractivity contribution in [1.82, 2.24) is 19.8 Å². The number of carbonyl (C=O) groups is 2. The third kappa shape index (κ3) is 9.28. The summed E-state index contributed by atoms with van der Waals surface area (Å²) in [4.78, 5) is 34.0. The Balaban J connectivity index is 0.000000221. The van der Waals surface area contributed by atoms with E-state index in [1.165, 1.54) is 17.2 Å². The molecule has 1 unspecified atom stereocenters. The van der Waals surface area contributed by atoms with Crippen LogP contribution in [0.2, 0.25) is 0 Å². The lowest BCUT2D eigenvalue weighted by atomic mass is 9.98. The Labute approximate surface area is 280 Å². The first-order valence-corrected chi connectivity index (χ1v) is 14.8. The highest BCUT2D eigenvalue weighted by Gasteiger charge is 2.42. The van der Waals surface area contributed by atoms with Crippen molar-refractivity contribution in [2.24, 2.45) is 0 Å². The number of hydrogen-bond acceptors (Lipinski definition) is 5. The van der Waals surface area contributed by atoms with Crippen molar-refractivity contribution in [2.45, 2.75) is 31.6 Å². The highest BCUT2D eigenvalue weighted by atomic mass is 19.4. The predicted molar refractivity (Wildman–Crippen MR) is 172 cm³/mol. The Hall–Kier alpha value is -5.59. The second kappa shape index (κ2) is 15.5. The van der Waals surface area contributed by atoms with E-state index in [1.807, 2.05) is 43.3 Å². The molecule has 2 amide bonds. The lowest BCUT2D eigenvalue weighted by Gasteiger charge is -2.45. The van der Waals surface area contributed by atoms with Gasteiger partial charge in [0.15, 0.2) is 23.0 Å². The maximum absolute atomic E-state index is 14.3. The maximum Gasteiger partial charge on any atom is 0.408 e. The molecule has 1 atom stereocenters. The molecule has 0 N–H and O–H groups in total. The molecule has 5 rings (SSSR count). The second-order valence-electron chi connectivity index (χ2n) is 11.3. The SMILES string of the molecule is CC(N(C)C(=O)c1ncc(C#Cc2ccccc2)cc1F)C(F)(F)F.CN(C(=O)c1ncc(C#Cc2ccccc2)cc1F)C1(C)COC1.